The summed E-state index contributed by atoms with van der Waals surface area (Å²) < 4.78 is 5.85. The third-order valence-electron chi connectivity index (χ3n) is 4.22. The van der Waals surface area contributed by atoms with Crippen molar-refractivity contribution in [2.24, 2.45) is 11.8 Å². The molecule has 0 aromatic heterocycles. The first-order valence-corrected chi connectivity index (χ1v) is 6.88. The van der Waals surface area contributed by atoms with Gasteiger partial charge in [0.05, 0.1) is 12.2 Å². The molecular weight excluding hydrogens is 232 g/mol. The molecule has 2 rings (SSSR count). The van der Waals surface area contributed by atoms with Gasteiger partial charge < -0.3 is 14.9 Å². The summed E-state index contributed by atoms with van der Waals surface area (Å²) in [6.45, 7) is 0.241. The number of hydrogen-bond acceptors (Lipinski definition) is 3. The number of ether oxygens (including phenoxy) is 1. The van der Waals surface area contributed by atoms with Gasteiger partial charge in [0, 0.05) is 18.6 Å². The van der Waals surface area contributed by atoms with Crippen molar-refractivity contribution in [3.63, 3.8) is 0 Å². The van der Waals surface area contributed by atoms with Crippen LogP contribution in [0.25, 0.3) is 0 Å². The van der Waals surface area contributed by atoms with Gasteiger partial charge in [-0.2, -0.15) is 0 Å². The molecule has 0 amide bonds. The number of carboxylic acids is 1. The predicted octanol–water partition coefficient (Wildman–Crippen LogP) is 1.97. The molecule has 0 aliphatic carbocycles. The summed E-state index contributed by atoms with van der Waals surface area (Å²) in [5.74, 6) is -0.0348. The van der Waals surface area contributed by atoms with Crippen molar-refractivity contribution in [2.45, 2.75) is 50.7 Å². The lowest BCUT2D eigenvalue weighted by atomic mass is 9.77. The summed E-state index contributed by atoms with van der Waals surface area (Å²) in [6, 6.07) is 0. The van der Waals surface area contributed by atoms with E-state index in [1.54, 1.807) is 6.08 Å². The molecule has 2 fully saturated rings. The Kier molecular flexibility index (Phi) is 4.78. The molecule has 2 aliphatic heterocycles. The van der Waals surface area contributed by atoms with E-state index in [0.717, 1.165) is 38.5 Å². The lowest BCUT2D eigenvalue weighted by Crippen LogP contribution is -2.29. The summed E-state index contributed by atoms with van der Waals surface area (Å²) in [5.41, 5.74) is 0. The van der Waals surface area contributed by atoms with Gasteiger partial charge in [-0.3, -0.25) is 0 Å². The van der Waals surface area contributed by atoms with Crippen molar-refractivity contribution >= 4 is 5.97 Å². The highest BCUT2D eigenvalue weighted by Crippen LogP contribution is 2.45. The molecule has 0 saturated carbocycles. The maximum Gasteiger partial charge on any atom is 0.327 e. The Labute approximate surface area is 108 Å². The second-order valence-electron chi connectivity index (χ2n) is 5.33. The maximum absolute atomic E-state index is 10.3. The van der Waals surface area contributed by atoms with Gasteiger partial charge >= 0.3 is 5.97 Å². The second kappa shape index (κ2) is 6.34. The molecule has 4 atom stereocenters. The lowest BCUT2D eigenvalue weighted by Gasteiger charge is -2.26. The molecule has 2 N–H and O–H groups in total. The van der Waals surface area contributed by atoms with E-state index in [4.69, 9.17) is 9.84 Å². The number of aliphatic carboxylic acids is 1. The molecule has 0 radical (unpaired) electrons. The Bertz CT molecular complexity index is 313. The van der Waals surface area contributed by atoms with Crippen LogP contribution in [-0.4, -0.2) is 35.0 Å². The standard InChI is InChI=1S/C14H22O4/c15-9-11-10(12-7-8-13(11)18-12)5-3-1-2-4-6-14(16)17/h4,6,10-13,15H,1-3,5,7-9H2,(H,16,17)/b6-4+/t10-,11+,12-,13+/m0/s1. The van der Waals surface area contributed by atoms with Gasteiger partial charge in [0.25, 0.3) is 0 Å². The molecule has 2 saturated heterocycles. The minimum absolute atomic E-state index is 0.241. The van der Waals surface area contributed by atoms with E-state index in [2.05, 4.69) is 0 Å². The summed E-state index contributed by atoms with van der Waals surface area (Å²) in [5, 5.41) is 17.9. The molecular formula is C14H22O4. The second-order valence-corrected chi connectivity index (χ2v) is 5.33. The SMILES string of the molecule is O=C(O)/C=C/CCCC[C@H]1[C@@H](CO)[C@H]2CC[C@@H]1O2. The number of hydrogen-bond donors (Lipinski definition) is 2. The minimum Gasteiger partial charge on any atom is -0.478 e. The summed E-state index contributed by atoms with van der Waals surface area (Å²) in [4.78, 5) is 10.3. The molecule has 2 bridgehead atoms. The van der Waals surface area contributed by atoms with Crippen LogP contribution in [0.5, 0.6) is 0 Å². The number of carbonyl (C=O) groups is 1. The molecule has 0 spiro atoms. The molecule has 0 aromatic carbocycles. The van der Waals surface area contributed by atoms with Crippen LogP contribution in [0.15, 0.2) is 12.2 Å². The molecule has 0 aromatic rings. The van der Waals surface area contributed by atoms with Gasteiger partial charge in [-0.25, -0.2) is 4.79 Å². The fraction of sp³-hybridized carbons (Fsp3) is 0.786. The van der Waals surface area contributed by atoms with Gasteiger partial charge in [0.15, 0.2) is 0 Å². The maximum atomic E-state index is 10.3. The normalized spacial score (nSPS) is 34.5. The monoisotopic (exact) mass is 254 g/mol. The van der Waals surface area contributed by atoms with Crippen molar-refractivity contribution < 1.29 is 19.7 Å². The van der Waals surface area contributed by atoms with Crippen molar-refractivity contribution in [1.82, 2.24) is 0 Å². The van der Waals surface area contributed by atoms with Gasteiger partial charge in [0.2, 0.25) is 0 Å². The Morgan fingerprint density at radius 3 is 2.61 bits per heavy atom. The highest BCUT2D eigenvalue weighted by atomic mass is 16.5. The van der Waals surface area contributed by atoms with Crippen molar-refractivity contribution in [3.8, 4) is 0 Å². The Hall–Kier alpha value is -0.870. The fourth-order valence-corrected chi connectivity index (χ4v) is 3.35. The van der Waals surface area contributed by atoms with Crippen molar-refractivity contribution in [2.75, 3.05) is 6.61 Å². The lowest BCUT2D eigenvalue weighted by molar-refractivity contribution is -0.131. The smallest absolute Gasteiger partial charge is 0.327 e. The van der Waals surface area contributed by atoms with Crippen LogP contribution in [0, 0.1) is 11.8 Å². The first-order chi connectivity index (χ1) is 8.72. The predicted molar refractivity (Wildman–Crippen MR) is 67.2 cm³/mol. The van der Waals surface area contributed by atoms with Crippen LogP contribution in [-0.2, 0) is 9.53 Å². The topological polar surface area (TPSA) is 66.8 Å². The minimum atomic E-state index is -0.878. The van der Waals surface area contributed by atoms with Crippen LogP contribution in [0.4, 0.5) is 0 Å². The molecule has 4 nitrogen and oxygen atoms in total. The average Bonchev–Trinajstić information content (AvgIpc) is 2.93. The van der Waals surface area contributed by atoms with Crippen LogP contribution in [0.2, 0.25) is 0 Å². The largest absolute Gasteiger partial charge is 0.478 e. The number of fused-ring (bicyclic) bond motifs is 2. The Morgan fingerprint density at radius 2 is 1.94 bits per heavy atom. The molecule has 4 heteroatoms. The summed E-state index contributed by atoms with van der Waals surface area (Å²) in [7, 11) is 0. The number of aliphatic hydroxyl groups is 1. The van der Waals surface area contributed by atoms with Gasteiger partial charge in [0.1, 0.15) is 0 Å². The van der Waals surface area contributed by atoms with E-state index in [0.29, 0.717) is 17.9 Å². The van der Waals surface area contributed by atoms with Crippen LogP contribution in [0.3, 0.4) is 0 Å². The number of aliphatic hydroxyl groups excluding tert-OH is 1. The zero-order valence-electron chi connectivity index (χ0n) is 10.6. The first kappa shape index (κ1) is 13.6. The van der Waals surface area contributed by atoms with E-state index in [1.165, 1.54) is 6.08 Å². The van der Waals surface area contributed by atoms with Gasteiger partial charge in [-0.1, -0.05) is 12.5 Å². The molecule has 2 aliphatic rings. The Morgan fingerprint density at radius 1 is 1.22 bits per heavy atom. The molecule has 0 unspecified atom stereocenters. The number of carboxylic acid groups (broad SMARTS) is 1. The zero-order valence-corrected chi connectivity index (χ0v) is 10.6. The summed E-state index contributed by atoms with van der Waals surface area (Å²) >= 11 is 0. The highest BCUT2D eigenvalue weighted by Gasteiger charge is 2.47. The number of unbranched alkanes of at least 4 members (excludes halogenated alkanes) is 2. The molecule has 2 heterocycles. The van der Waals surface area contributed by atoms with Crippen LogP contribution < -0.4 is 0 Å². The molecule has 18 heavy (non-hydrogen) atoms. The van der Waals surface area contributed by atoms with Gasteiger partial charge in [-0.05, 0) is 38.0 Å². The van der Waals surface area contributed by atoms with E-state index >= 15 is 0 Å². The highest BCUT2D eigenvalue weighted by molar-refractivity contribution is 5.79. The fourth-order valence-electron chi connectivity index (χ4n) is 3.35. The van der Waals surface area contributed by atoms with Gasteiger partial charge in [-0.15, -0.1) is 0 Å². The van der Waals surface area contributed by atoms with E-state index in [-0.39, 0.29) is 12.7 Å². The quantitative estimate of drug-likeness (QED) is 0.538. The number of rotatable bonds is 7. The van der Waals surface area contributed by atoms with E-state index < -0.39 is 5.97 Å². The van der Waals surface area contributed by atoms with E-state index in [1.807, 2.05) is 0 Å². The van der Waals surface area contributed by atoms with Crippen LogP contribution in [0.1, 0.15) is 38.5 Å². The third kappa shape index (κ3) is 3.12. The average molecular weight is 254 g/mol. The van der Waals surface area contributed by atoms with E-state index in [9.17, 15) is 9.90 Å². The number of allylic oxidation sites excluding steroid dienone is 1. The van der Waals surface area contributed by atoms with Crippen LogP contribution >= 0.6 is 0 Å². The zero-order chi connectivity index (χ0) is 13.0. The Balaban J connectivity index is 1.66. The first-order valence-electron chi connectivity index (χ1n) is 6.88. The summed E-state index contributed by atoms with van der Waals surface area (Å²) in [6.07, 6.45) is 9.82. The van der Waals surface area contributed by atoms with Crippen molar-refractivity contribution in [3.05, 3.63) is 12.2 Å². The third-order valence-corrected chi connectivity index (χ3v) is 4.22. The molecule has 102 valence electrons. The van der Waals surface area contributed by atoms with Crippen molar-refractivity contribution in [1.29, 1.82) is 0 Å².